The van der Waals surface area contributed by atoms with Gasteiger partial charge in [-0.3, -0.25) is 4.79 Å². The highest BCUT2D eigenvalue weighted by atomic mass is 35.5. The van der Waals surface area contributed by atoms with E-state index < -0.39 is 0 Å². The highest BCUT2D eigenvalue weighted by Gasteiger charge is 2.14. The fraction of sp³-hybridized carbons (Fsp3) is 0.182. The number of hydrogen-bond acceptors (Lipinski definition) is 2. The van der Waals surface area contributed by atoms with E-state index in [4.69, 9.17) is 11.6 Å². The van der Waals surface area contributed by atoms with E-state index in [0.717, 1.165) is 22.4 Å². The molecule has 5 nitrogen and oxygen atoms in total. The topological polar surface area (TPSA) is 51.9 Å². The molecule has 0 aliphatic carbocycles. The zero-order valence-electron chi connectivity index (χ0n) is 15.8. The Morgan fingerprint density at radius 1 is 1.11 bits per heavy atom. The first-order valence-corrected chi connectivity index (χ1v) is 9.59. The Balaban J connectivity index is 1.53. The molecule has 1 N–H and O–H groups in total. The Labute approximate surface area is 168 Å². The Bertz CT molecular complexity index is 1130. The quantitative estimate of drug-likeness (QED) is 0.520. The van der Waals surface area contributed by atoms with E-state index in [-0.39, 0.29) is 11.9 Å². The average molecular weight is 393 g/mol. The van der Waals surface area contributed by atoms with Crippen LogP contribution in [0.25, 0.3) is 16.7 Å². The van der Waals surface area contributed by atoms with Gasteiger partial charge in [0.2, 0.25) is 5.28 Å². The molecule has 0 atom stereocenters. The van der Waals surface area contributed by atoms with Crippen molar-refractivity contribution in [1.82, 2.24) is 19.4 Å². The van der Waals surface area contributed by atoms with E-state index in [1.165, 1.54) is 0 Å². The molecule has 142 valence electrons. The lowest BCUT2D eigenvalue weighted by Gasteiger charge is -2.11. The van der Waals surface area contributed by atoms with Gasteiger partial charge in [0.15, 0.2) is 0 Å². The fourth-order valence-electron chi connectivity index (χ4n) is 3.38. The minimum absolute atomic E-state index is 0.141. The average Bonchev–Trinajstić information content (AvgIpc) is 3.29. The van der Waals surface area contributed by atoms with Gasteiger partial charge in [-0.2, -0.15) is 0 Å². The first-order valence-electron chi connectivity index (χ1n) is 9.22. The van der Waals surface area contributed by atoms with Crippen LogP contribution in [0, 0.1) is 0 Å². The molecule has 2 aromatic heterocycles. The summed E-state index contributed by atoms with van der Waals surface area (Å²) in [7, 11) is 0. The summed E-state index contributed by atoms with van der Waals surface area (Å²) in [6.07, 6.45) is 1.99. The van der Waals surface area contributed by atoms with Gasteiger partial charge in [0.05, 0.1) is 17.6 Å². The number of nitrogens with one attached hydrogen (secondary N) is 1. The Kier molecular flexibility index (Phi) is 4.92. The molecule has 0 unspecified atom stereocenters. The summed E-state index contributed by atoms with van der Waals surface area (Å²) in [6, 6.07) is 19.7. The van der Waals surface area contributed by atoms with E-state index in [0.29, 0.717) is 17.4 Å². The predicted octanol–water partition coefficient (Wildman–Crippen LogP) is 4.99. The number of carbonyl (C=O) groups is 1. The summed E-state index contributed by atoms with van der Waals surface area (Å²) in [6.45, 7) is 4.53. The molecule has 0 aliphatic rings. The Morgan fingerprint density at radius 2 is 1.89 bits per heavy atom. The van der Waals surface area contributed by atoms with Crippen LogP contribution in [0.5, 0.6) is 0 Å². The first-order chi connectivity index (χ1) is 13.5. The lowest BCUT2D eigenvalue weighted by atomic mass is 10.2. The molecular weight excluding hydrogens is 372 g/mol. The molecule has 0 aliphatic heterocycles. The van der Waals surface area contributed by atoms with Crippen molar-refractivity contribution >= 4 is 28.5 Å². The van der Waals surface area contributed by atoms with E-state index in [2.05, 4.69) is 28.7 Å². The van der Waals surface area contributed by atoms with Crippen LogP contribution in [0.3, 0.4) is 0 Å². The molecule has 0 radical (unpaired) electrons. The van der Waals surface area contributed by atoms with Crippen LogP contribution in [0.15, 0.2) is 66.9 Å². The standard InChI is InChI=1S/C22H21ClN4O/c1-15(2)27-20-11-10-16(13-19(20)25-22(27)23)21(28)24-14-18-9-6-12-26(18)17-7-4-3-5-8-17/h3-13,15H,14H2,1-2H3,(H,24,28). The number of para-hydroxylation sites is 1. The largest absolute Gasteiger partial charge is 0.346 e. The van der Waals surface area contributed by atoms with Gasteiger partial charge >= 0.3 is 0 Å². The van der Waals surface area contributed by atoms with Gasteiger partial charge in [-0.15, -0.1) is 0 Å². The summed E-state index contributed by atoms with van der Waals surface area (Å²) >= 11 is 6.25. The maximum atomic E-state index is 12.7. The number of aromatic nitrogens is 3. The number of benzene rings is 2. The van der Waals surface area contributed by atoms with Crippen LogP contribution in [0.2, 0.25) is 5.28 Å². The van der Waals surface area contributed by atoms with Crippen LogP contribution in [0.1, 0.15) is 35.9 Å². The first kappa shape index (κ1) is 18.3. The fourth-order valence-corrected chi connectivity index (χ4v) is 3.75. The zero-order valence-corrected chi connectivity index (χ0v) is 16.5. The van der Waals surface area contributed by atoms with E-state index in [1.54, 1.807) is 6.07 Å². The van der Waals surface area contributed by atoms with Crippen molar-refractivity contribution in [3.8, 4) is 5.69 Å². The molecule has 4 aromatic rings. The summed E-state index contributed by atoms with van der Waals surface area (Å²) in [5.74, 6) is -0.141. The van der Waals surface area contributed by atoms with Crippen LogP contribution < -0.4 is 5.32 Å². The van der Waals surface area contributed by atoms with Crippen LogP contribution in [-0.2, 0) is 6.54 Å². The molecule has 0 saturated carbocycles. The van der Waals surface area contributed by atoms with E-state index >= 15 is 0 Å². The molecule has 0 spiro atoms. The van der Waals surface area contributed by atoms with Crippen molar-refractivity contribution in [3.05, 3.63) is 83.4 Å². The molecule has 4 rings (SSSR count). The summed E-state index contributed by atoms with van der Waals surface area (Å²) in [5, 5.41) is 3.43. The monoisotopic (exact) mass is 392 g/mol. The summed E-state index contributed by atoms with van der Waals surface area (Å²) in [4.78, 5) is 17.1. The molecule has 0 bridgehead atoms. The maximum Gasteiger partial charge on any atom is 0.251 e. The number of halogens is 1. The Hall–Kier alpha value is -3.05. The third-order valence-electron chi connectivity index (χ3n) is 4.72. The van der Waals surface area contributed by atoms with Crippen LogP contribution in [-0.4, -0.2) is 20.0 Å². The van der Waals surface area contributed by atoms with Gasteiger partial charge in [-0.05, 0) is 67.9 Å². The van der Waals surface area contributed by atoms with Crippen molar-refractivity contribution in [2.45, 2.75) is 26.4 Å². The van der Waals surface area contributed by atoms with Gasteiger partial charge in [-0.1, -0.05) is 18.2 Å². The highest BCUT2D eigenvalue weighted by molar-refractivity contribution is 6.29. The lowest BCUT2D eigenvalue weighted by Crippen LogP contribution is -2.24. The molecule has 28 heavy (non-hydrogen) atoms. The van der Waals surface area contributed by atoms with Gasteiger partial charge in [0.25, 0.3) is 5.91 Å². The highest BCUT2D eigenvalue weighted by Crippen LogP contribution is 2.25. The SMILES string of the molecule is CC(C)n1c(Cl)nc2cc(C(=O)NCc3cccn3-c3ccccc3)ccc21. The summed E-state index contributed by atoms with van der Waals surface area (Å²) in [5.41, 5.74) is 4.28. The number of nitrogens with zero attached hydrogens (tertiary/aromatic N) is 3. The normalized spacial score (nSPS) is 11.3. The van der Waals surface area contributed by atoms with Crippen molar-refractivity contribution in [3.63, 3.8) is 0 Å². The number of hydrogen-bond donors (Lipinski definition) is 1. The van der Waals surface area contributed by atoms with E-state index in [9.17, 15) is 4.79 Å². The number of imidazole rings is 1. The minimum atomic E-state index is -0.141. The van der Waals surface area contributed by atoms with Gasteiger partial charge in [-0.25, -0.2) is 4.98 Å². The Morgan fingerprint density at radius 3 is 2.64 bits per heavy atom. The molecule has 2 heterocycles. The van der Waals surface area contributed by atoms with Gasteiger partial charge in [0.1, 0.15) is 0 Å². The van der Waals surface area contributed by atoms with Crippen LogP contribution >= 0.6 is 11.6 Å². The third-order valence-corrected chi connectivity index (χ3v) is 4.99. The van der Waals surface area contributed by atoms with Gasteiger partial charge in [0, 0.05) is 29.2 Å². The van der Waals surface area contributed by atoms with Crippen molar-refractivity contribution in [2.24, 2.45) is 0 Å². The third kappa shape index (κ3) is 3.41. The minimum Gasteiger partial charge on any atom is -0.346 e. The van der Waals surface area contributed by atoms with Gasteiger partial charge < -0.3 is 14.5 Å². The number of fused-ring (bicyclic) bond motifs is 1. The molecule has 1 amide bonds. The second-order valence-electron chi connectivity index (χ2n) is 6.94. The van der Waals surface area contributed by atoms with E-state index in [1.807, 2.05) is 65.4 Å². The molecule has 0 fully saturated rings. The molecule has 6 heteroatoms. The lowest BCUT2D eigenvalue weighted by molar-refractivity contribution is 0.0950. The zero-order chi connectivity index (χ0) is 19.7. The number of carbonyl (C=O) groups excluding carboxylic acids is 1. The second-order valence-corrected chi connectivity index (χ2v) is 7.27. The maximum absolute atomic E-state index is 12.7. The summed E-state index contributed by atoms with van der Waals surface area (Å²) < 4.78 is 4.01. The number of amides is 1. The molecule has 0 saturated heterocycles. The van der Waals surface area contributed by atoms with Crippen LogP contribution in [0.4, 0.5) is 0 Å². The van der Waals surface area contributed by atoms with Crippen molar-refractivity contribution < 1.29 is 4.79 Å². The predicted molar refractivity (Wildman–Crippen MR) is 112 cm³/mol. The molecule has 2 aromatic carbocycles. The second kappa shape index (κ2) is 7.52. The van der Waals surface area contributed by atoms with Crippen molar-refractivity contribution in [1.29, 1.82) is 0 Å². The smallest absolute Gasteiger partial charge is 0.251 e. The molecular formula is C22H21ClN4O. The van der Waals surface area contributed by atoms with Crippen molar-refractivity contribution in [2.75, 3.05) is 0 Å². The number of rotatable bonds is 5.